The summed E-state index contributed by atoms with van der Waals surface area (Å²) in [6.07, 6.45) is -3.81. The van der Waals surface area contributed by atoms with Crippen molar-refractivity contribution >= 4 is 18.5 Å². The molecule has 0 heterocycles. The number of rotatable bonds is 6. The summed E-state index contributed by atoms with van der Waals surface area (Å²) in [6, 6.07) is 0. The van der Waals surface area contributed by atoms with E-state index >= 15 is 0 Å². The number of carbonyl (C=O) groups is 3. The van der Waals surface area contributed by atoms with Crippen molar-refractivity contribution in [2.24, 2.45) is 0 Å². The smallest absolute Gasteiger partial charge is 0.435 e. The Morgan fingerprint density at radius 2 is 1.08 bits per heavy atom. The molecule has 9 nitrogen and oxygen atoms in total. The molecule has 0 saturated heterocycles. The van der Waals surface area contributed by atoms with Crippen molar-refractivity contribution in [2.45, 2.75) is 58.3 Å². The van der Waals surface area contributed by atoms with Crippen LogP contribution in [0.1, 0.15) is 40.0 Å². The van der Waals surface area contributed by atoms with Crippen LogP contribution in [0.25, 0.3) is 0 Å². The molecule has 24 heavy (non-hydrogen) atoms. The molecule has 1 rings (SSSR count). The second-order valence-corrected chi connectivity index (χ2v) is 4.88. The first-order chi connectivity index (χ1) is 11.5. The van der Waals surface area contributed by atoms with Crippen molar-refractivity contribution in [2.75, 3.05) is 19.8 Å². The van der Waals surface area contributed by atoms with Crippen LogP contribution >= 0.6 is 0 Å². The first kappa shape index (κ1) is 19.9. The number of hydrogen-bond donors (Lipinski definition) is 0. The maximum absolute atomic E-state index is 11.6. The van der Waals surface area contributed by atoms with Crippen molar-refractivity contribution < 1.29 is 42.8 Å². The van der Waals surface area contributed by atoms with Crippen LogP contribution in [0.5, 0.6) is 0 Å². The maximum Gasteiger partial charge on any atom is 0.508 e. The summed E-state index contributed by atoms with van der Waals surface area (Å²) in [5.41, 5.74) is 0. The predicted octanol–water partition coefficient (Wildman–Crippen LogP) is 2.80. The van der Waals surface area contributed by atoms with E-state index in [-0.39, 0.29) is 19.8 Å². The molecule has 0 radical (unpaired) electrons. The van der Waals surface area contributed by atoms with Crippen molar-refractivity contribution in [1.82, 2.24) is 0 Å². The summed E-state index contributed by atoms with van der Waals surface area (Å²) in [5.74, 6) is 0. The molecule has 0 spiro atoms. The molecule has 1 aliphatic rings. The highest BCUT2D eigenvalue weighted by Gasteiger charge is 2.42. The van der Waals surface area contributed by atoms with Crippen LogP contribution in [0.2, 0.25) is 0 Å². The van der Waals surface area contributed by atoms with Crippen LogP contribution in [-0.2, 0) is 28.4 Å². The van der Waals surface area contributed by atoms with Gasteiger partial charge in [0.15, 0.2) is 6.10 Å². The van der Waals surface area contributed by atoms with Crippen molar-refractivity contribution in [3.8, 4) is 0 Å². The Kier molecular flexibility index (Phi) is 8.74. The minimum absolute atomic E-state index is 0.123. The van der Waals surface area contributed by atoms with E-state index in [4.69, 9.17) is 28.4 Å². The van der Waals surface area contributed by atoms with Crippen LogP contribution in [0.4, 0.5) is 14.4 Å². The van der Waals surface area contributed by atoms with Crippen LogP contribution < -0.4 is 0 Å². The summed E-state index contributed by atoms with van der Waals surface area (Å²) >= 11 is 0. The van der Waals surface area contributed by atoms with Crippen molar-refractivity contribution in [3.63, 3.8) is 0 Å². The zero-order valence-corrected chi connectivity index (χ0v) is 14.1. The molecule has 0 aliphatic heterocycles. The van der Waals surface area contributed by atoms with Gasteiger partial charge >= 0.3 is 18.5 Å². The van der Waals surface area contributed by atoms with Gasteiger partial charge in [0, 0.05) is 0 Å². The quantitative estimate of drug-likeness (QED) is 0.529. The SMILES string of the molecule is CCOC(=O)OC1CCCC(OC(=O)OCC)C1OC(=O)OCC. The maximum atomic E-state index is 11.6. The Morgan fingerprint density at radius 1 is 0.708 bits per heavy atom. The van der Waals surface area contributed by atoms with E-state index in [0.717, 1.165) is 0 Å². The van der Waals surface area contributed by atoms with Gasteiger partial charge in [0.2, 0.25) is 0 Å². The molecule has 0 aromatic rings. The van der Waals surface area contributed by atoms with Gasteiger partial charge in [0.1, 0.15) is 12.2 Å². The lowest BCUT2D eigenvalue weighted by Crippen LogP contribution is -2.48. The van der Waals surface area contributed by atoms with E-state index < -0.39 is 36.8 Å². The van der Waals surface area contributed by atoms with E-state index in [0.29, 0.717) is 19.3 Å². The lowest BCUT2D eigenvalue weighted by atomic mass is 9.91. The highest BCUT2D eigenvalue weighted by molar-refractivity contribution is 5.62. The van der Waals surface area contributed by atoms with Crippen LogP contribution in [-0.4, -0.2) is 56.6 Å². The minimum Gasteiger partial charge on any atom is -0.435 e. The summed E-state index contributed by atoms with van der Waals surface area (Å²) in [6.45, 7) is 5.33. The van der Waals surface area contributed by atoms with Gasteiger partial charge in [-0.1, -0.05) is 0 Å². The van der Waals surface area contributed by atoms with Crippen LogP contribution in [0, 0.1) is 0 Å². The fourth-order valence-electron chi connectivity index (χ4n) is 2.31. The topological polar surface area (TPSA) is 107 Å². The molecule has 0 aromatic heterocycles. The third kappa shape index (κ3) is 6.51. The fraction of sp³-hybridized carbons (Fsp3) is 0.800. The van der Waals surface area contributed by atoms with E-state index in [9.17, 15) is 14.4 Å². The fourth-order valence-corrected chi connectivity index (χ4v) is 2.31. The first-order valence-corrected chi connectivity index (χ1v) is 8.01. The summed E-state index contributed by atoms with van der Waals surface area (Å²) in [7, 11) is 0. The minimum atomic E-state index is -0.994. The lowest BCUT2D eigenvalue weighted by Gasteiger charge is -2.35. The van der Waals surface area contributed by atoms with Gasteiger partial charge in [-0.15, -0.1) is 0 Å². The van der Waals surface area contributed by atoms with E-state index in [1.54, 1.807) is 20.8 Å². The lowest BCUT2D eigenvalue weighted by molar-refractivity contribution is -0.125. The molecule has 1 saturated carbocycles. The zero-order chi connectivity index (χ0) is 17.9. The van der Waals surface area contributed by atoms with Gasteiger partial charge in [-0.05, 0) is 40.0 Å². The summed E-state index contributed by atoms with van der Waals surface area (Å²) in [4.78, 5) is 34.7. The monoisotopic (exact) mass is 348 g/mol. The van der Waals surface area contributed by atoms with Gasteiger partial charge in [-0.25, -0.2) is 14.4 Å². The van der Waals surface area contributed by atoms with Crippen molar-refractivity contribution in [1.29, 1.82) is 0 Å². The molecule has 0 bridgehead atoms. The highest BCUT2D eigenvalue weighted by atomic mass is 16.8. The van der Waals surface area contributed by atoms with Crippen molar-refractivity contribution in [3.05, 3.63) is 0 Å². The Bertz CT molecular complexity index is 395. The Morgan fingerprint density at radius 3 is 1.46 bits per heavy atom. The number of carbonyl (C=O) groups excluding carboxylic acids is 3. The largest absolute Gasteiger partial charge is 0.508 e. The van der Waals surface area contributed by atoms with Gasteiger partial charge in [0.25, 0.3) is 0 Å². The Labute approximate surface area is 140 Å². The molecule has 0 N–H and O–H groups in total. The van der Waals surface area contributed by atoms with Gasteiger partial charge < -0.3 is 28.4 Å². The molecule has 0 aromatic carbocycles. The molecular weight excluding hydrogens is 324 g/mol. The molecule has 9 heteroatoms. The highest BCUT2D eigenvalue weighted by Crippen LogP contribution is 2.28. The van der Waals surface area contributed by atoms with Crippen LogP contribution in [0.3, 0.4) is 0 Å². The zero-order valence-electron chi connectivity index (χ0n) is 14.1. The van der Waals surface area contributed by atoms with Gasteiger partial charge in [-0.2, -0.15) is 0 Å². The van der Waals surface area contributed by atoms with Crippen LogP contribution in [0.15, 0.2) is 0 Å². The Balaban J connectivity index is 2.80. The molecule has 2 atom stereocenters. The Hall–Kier alpha value is -2.19. The molecule has 1 aliphatic carbocycles. The first-order valence-electron chi connectivity index (χ1n) is 8.01. The molecule has 1 fully saturated rings. The van der Waals surface area contributed by atoms with E-state index in [1.807, 2.05) is 0 Å². The number of hydrogen-bond acceptors (Lipinski definition) is 9. The second-order valence-electron chi connectivity index (χ2n) is 4.88. The molecule has 0 amide bonds. The predicted molar refractivity (Wildman–Crippen MR) is 79.5 cm³/mol. The second kappa shape index (κ2) is 10.6. The average Bonchev–Trinajstić information content (AvgIpc) is 2.51. The standard InChI is InChI=1S/C15H24O9/c1-4-19-13(16)22-10-8-7-9-11(23-14(17)20-5-2)12(10)24-15(18)21-6-3/h10-12H,4-9H2,1-3H3. The summed E-state index contributed by atoms with van der Waals surface area (Å²) in [5, 5.41) is 0. The third-order valence-corrected chi connectivity index (χ3v) is 3.22. The molecular formula is C15H24O9. The normalized spacial score (nSPS) is 22.9. The van der Waals surface area contributed by atoms with E-state index in [2.05, 4.69) is 0 Å². The molecule has 2 unspecified atom stereocenters. The number of ether oxygens (including phenoxy) is 6. The summed E-state index contributed by atoms with van der Waals surface area (Å²) < 4.78 is 29.7. The third-order valence-electron chi connectivity index (χ3n) is 3.22. The van der Waals surface area contributed by atoms with Gasteiger partial charge in [0.05, 0.1) is 19.8 Å². The average molecular weight is 348 g/mol. The molecule has 138 valence electrons. The van der Waals surface area contributed by atoms with E-state index in [1.165, 1.54) is 0 Å². The van der Waals surface area contributed by atoms with Gasteiger partial charge in [-0.3, -0.25) is 0 Å².